The molecule has 1 heterocycles. The lowest BCUT2D eigenvalue weighted by atomic mass is 9.74. The Morgan fingerprint density at radius 3 is 2.44 bits per heavy atom. The lowest BCUT2D eigenvalue weighted by Gasteiger charge is -2.36. The van der Waals surface area contributed by atoms with E-state index in [2.05, 4.69) is 11.9 Å². The van der Waals surface area contributed by atoms with Gasteiger partial charge >= 0.3 is 0 Å². The molecule has 92 valence electrons. The summed E-state index contributed by atoms with van der Waals surface area (Å²) in [5.74, 6) is 1.37. The molecule has 0 aromatic rings. The van der Waals surface area contributed by atoms with Crippen molar-refractivity contribution in [3.63, 3.8) is 0 Å². The summed E-state index contributed by atoms with van der Waals surface area (Å²) < 4.78 is 0. The Kier molecular flexibility index (Phi) is 3.79. The van der Waals surface area contributed by atoms with E-state index in [4.69, 9.17) is 0 Å². The van der Waals surface area contributed by atoms with E-state index in [1.54, 1.807) is 0 Å². The maximum atomic E-state index is 10.8. The van der Waals surface area contributed by atoms with E-state index in [9.17, 15) is 10.1 Å². The maximum Gasteiger partial charge on any atom is 0.213 e. The minimum Gasteiger partial charge on any atom is -0.306 e. The second-order valence-electron chi connectivity index (χ2n) is 5.51. The highest BCUT2D eigenvalue weighted by molar-refractivity contribution is 4.81. The second-order valence-corrected chi connectivity index (χ2v) is 5.51. The van der Waals surface area contributed by atoms with E-state index in [-0.39, 0.29) is 11.0 Å². The third-order valence-electron chi connectivity index (χ3n) is 4.42. The summed E-state index contributed by atoms with van der Waals surface area (Å²) in [7, 11) is 2.16. The van der Waals surface area contributed by atoms with Crippen LogP contribution in [0.25, 0.3) is 0 Å². The standard InChI is InChI=1S/C12H22N2O2/c1-13-7-5-10(6-8-13)11-3-2-4-12(9-11)14(15)16/h10-12H,2-9H2,1H3. The van der Waals surface area contributed by atoms with E-state index in [0.717, 1.165) is 25.2 Å². The van der Waals surface area contributed by atoms with Crippen LogP contribution in [0.5, 0.6) is 0 Å². The zero-order chi connectivity index (χ0) is 11.5. The zero-order valence-electron chi connectivity index (χ0n) is 10.1. The van der Waals surface area contributed by atoms with Gasteiger partial charge in [0.1, 0.15) is 0 Å². The van der Waals surface area contributed by atoms with Gasteiger partial charge in [-0.15, -0.1) is 0 Å². The van der Waals surface area contributed by atoms with Crippen molar-refractivity contribution in [2.24, 2.45) is 11.8 Å². The van der Waals surface area contributed by atoms with Crippen molar-refractivity contribution in [1.82, 2.24) is 4.90 Å². The van der Waals surface area contributed by atoms with Crippen LogP contribution in [-0.2, 0) is 0 Å². The third-order valence-corrected chi connectivity index (χ3v) is 4.42. The number of nitro groups is 1. The van der Waals surface area contributed by atoms with E-state index < -0.39 is 0 Å². The van der Waals surface area contributed by atoms with Gasteiger partial charge in [-0.3, -0.25) is 10.1 Å². The number of nitrogens with zero attached hydrogens (tertiary/aromatic N) is 2. The summed E-state index contributed by atoms with van der Waals surface area (Å²) >= 11 is 0. The van der Waals surface area contributed by atoms with Crippen molar-refractivity contribution in [2.45, 2.75) is 44.6 Å². The molecule has 1 aliphatic carbocycles. The molecule has 2 rings (SSSR count). The van der Waals surface area contributed by atoms with Crippen LogP contribution in [-0.4, -0.2) is 36.0 Å². The molecule has 2 fully saturated rings. The monoisotopic (exact) mass is 226 g/mol. The molecule has 0 radical (unpaired) electrons. The average Bonchev–Trinajstić information content (AvgIpc) is 2.30. The molecule has 0 N–H and O–H groups in total. The Balaban J connectivity index is 1.87. The molecule has 0 bridgehead atoms. The Bertz CT molecular complexity index is 249. The average molecular weight is 226 g/mol. The van der Waals surface area contributed by atoms with Crippen molar-refractivity contribution in [2.75, 3.05) is 20.1 Å². The van der Waals surface area contributed by atoms with Crippen LogP contribution in [0.4, 0.5) is 0 Å². The molecule has 0 spiro atoms. The zero-order valence-corrected chi connectivity index (χ0v) is 10.1. The third kappa shape index (κ3) is 2.73. The Morgan fingerprint density at radius 1 is 1.12 bits per heavy atom. The van der Waals surface area contributed by atoms with Crippen molar-refractivity contribution >= 4 is 0 Å². The highest BCUT2D eigenvalue weighted by atomic mass is 16.6. The normalized spacial score (nSPS) is 33.8. The summed E-state index contributed by atoms with van der Waals surface area (Å²) in [4.78, 5) is 13.1. The van der Waals surface area contributed by atoms with Crippen LogP contribution in [0.3, 0.4) is 0 Å². The molecular weight excluding hydrogens is 204 g/mol. The molecule has 2 unspecified atom stereocenters. The molecular formula is C12H22N2O2. The maximum absolute atomic E-state index is 10.8. The fraction of sp³-hybridized carbons (Fsp3) is 1.00. The van der Waals surface area contributed by atoms with Gasteiger partial charge in [0.25, 0.3) is 0 Å². The van der Waals surface area contributed by atoms with Crippen molar-refractivity contribution < 1.29 is 4.92 Å². The Morgan fingerprint density at radius 2 is 1.81 bits per heavy atom. The number of piperidine rings is 1. The molecule has 4 heteroatoms. The molecule has 1 saturated carbocycles. The second kappa shape index (κ2) is 5.13. The summed E-state index contributed by atoms with van der Waals surface area (Å²) in [5.41, 5.74) is 0. The van der Waals surface area contributed by atoms with Gasteiger partial charge in [-0.1, -0.05) is 0 Å². The Hall–Kier alpha value is -0.640. The van der Waals surface area contributed by atoms with Gasteiger partial charge in [0.2, 0.25) is 6.04 Å². The lowest BCUT2D eigenvalue weighted by Crippen LogP contribution is -2.37. The van der Waals surface area contributed by atoms with Crippen molar-refractivity contribution in [3.05, 3.63) is 10.1 Å². The van der Waals surface area contributed by atoms with Gasteiger partial charge in [-0.05, 0) is 57.7 Å². The molecule has 1 saturated heterocycles. The first kappa shape index (κ1) is 11.8. The first-order valence-electron chi connectivity index (χ1n) is 6.49. The fourth-order valence-corrected chi connectivity index (χ4v) is 3.32. The van der Waals surface area contributed by atoms with Crippen LogP contribution >= 0.6 is 0 Å². The first-order chi connectivity index (χ1) is 7.66. The first-order valence-corrected chi connectivity index (χ1v) is 6.49. The van der Waals surface area contributed by atoms with Crippen molar-refractivity contribution in [1.29, 1.82) is 0 Å². The summed E-state index contributed by atoms with van der Waals surface area (Å²) in [6.07, 6.45) is 6.40. The van der Waals surface area contributed by atoms with Gasteiger partial charge in [-0.25, -0.2) is 0 Å². The number of rotatable bonds is 2. The van der Waals surface area contributed by atoms with Gasteiger partial charge < -0.3 is 4.90 Å². The van der Waals surface area contributed by atoms with E-state index >= 15 is 0 Å². The van der Waals surface area contributed by atoms with E-state index in [0.29, 0.717) is 5.92 Å². The quantitative estimate of drug-likeness (QED) is 0.535. The predicted octanol–water partition coefficient (Wildman–Crippen LogP) is 2.16. The smallest absolute Gasteiger partial charge is 0.213 e. The molecule has 1 aliphatic heterocycles. The van der Waals surface area contributed by atoms with Crippen LogP contribution in [0.1, 0.15) is 38.5 Å². The van der Waals surface area contributed by atoms with Gasteiger partial charge in [0, 0.05) is 17.8 Å². The van der Waals surface area contributed by atoms with Gasteiger partial charge in [0.05, 0.1) is 0 Å². The summed E-state index contributed by atoms with van der Waals surface area (Å²) in [5, 5.41) is 10.8. The molecule has 0 aromatic heterocycles. The minimum absolute atomic E-state index is 0.0545. The van der Waals surface area contributed by atoms with Crippen LogP contribution in [0.15, 0.2) is 0 Å². The fourth-order valence-electron chi connectivity index (χ4n) is 3.32. The summed E-state index contributed by atoms with van der Waals surface area (Å²) in [6.45, 7) is 2.34. The minimum atomic E-state index is -0.251. The topological polar surface area (TPSA) is 46.4 Å². The van der Waals surface area contributed by atoms with E-state index in [1.807, 2.05) is 0 Å². The molecule has 4 nitrogen and oxygen atoms in total. The Labute approximate surface area is 97.2 Å². The van der Waals surface area contributed by atoms with Gasteiger partial charge in [-0.2, -0.15) is 0 Å². The predicted molar refractivity (Wildman–Crippen MR) is 63.0 cm³/mol. The van der Waals surface area contributed by atoms with E-state index in [1.165, 1.54) is 32.4 Å². The summed E-state index contributed by atoms with van der Waals surface area (Å²) in [6, 6.07) is -0.251. The van der Waals surface area contributed by atoms with Crippen LogP contribution < -0.4 is 0 Å². The number of hydrogen-bond acceptors (Lipinski definition) is 3. The number of hydrogen-bond donors (Lipinski definition) is 0. The van der Waals surface area contributed by atoms with Gasteiger partial charge in [0.15, 0.2) is 0 Å². The largest absolute Gasteiger partial charge is 0.306 e. The highest BCUT2D eigenvalue weighted by Crippen LogP contribution is 2.36. The van der Waals surface area contributed by atoms with Crippen LogP contribution in [0, 0.1) is 22.0 Å². The number of likely N-dealkylation sites (tertiary alicyclic amines) is 1. The molecule has 2 aliphatic rings. The molecule has 0 aromatic carbocycles. The molecule has 2 atom stereocenters. The van der Waals surface area contributed by atoms with Crippen molar-refractivity contribution in [3.8, 4) is 0 Å². The highest BCUT2D eigenvalue weighted by Gasteiger charge is 2.34. The van der Waals surface area contributed by atoms with Crippen LogP contribution in [0.2, 0.25) is 0 Å². The lowest BCUT2D eigenvalue weighted by molar-refractivity contribution is -0.528. The molecule has 16 heavy (non-hydrogen) atoms. The SMILES string of the molecule is CN1CCC(C2CCCC([N+](=O)[O-])C2)CC1. The molecule has 0 amide bonds.